The number of aryl methyl sites for hydroxylation is 2. The maximum atomic E-state index is 5.87. The zero-order valence-electron chi connectivity index (χ0n) is 7.92. The number of hydrogen-bond donors (Lipinski definition) is 1. The molecule has 2 N–H and O–H groups in total. The third-order valence-electron chi connectivity index (χ3n) is 1.69. The van der Waals surface area contributed by atoms with E-state index in [0.717, 1.165) is 17.8 Å². The molecule has 1 heterocycles. The van der Waals surface area contributed by atoms with Crippen molar-refractivity contribution in [2.24, 2.45) is 5.73 Å². The molecular formula is C9H16N2S. The van der Waals surface area contributed by atoms with Crippen molar-refractivity contribution >= 4 is 11.3 Å². The maximum Gasteiger partial charge on any atom is 0.0897 e. The first-order valence-electron chi connectivity index (χ1n) is 4.17. The first-order valence-corrected chi connectivity index (χ1v) is 5.05. The molecule has 0 aliphatic carbocycles. The lowest BCUT2D eigenvalue weighted by Gasteiger charge is -2.16. The van der Waals surface area contributed by atoms with Crippen LogP contribution in [0.1, 0.15) is 31.0 Å². The fraction of sp³-hybridized carbons (Fsp3) is 0.667. The summed E-state index contributed by atoms with van der Waals surface area (Å²) in [4.78, 5) is 4.38. The zero-order chi connectivity index (χ0) is 9.19. The fourth-order valence-corrected chi connectivity index (χ4v) is 1.62. The highest BCUT2D eigenvalue weighted by Gasteiger charge is 2.11. The van der Waals surface area contributed by atoms with Gasteiger partial charge in [-0.05, 0) is 33.6 Å². The summed E-state index contributed by atoms with van der Waals surface area (Å²) in [6.07, 6.45) is 1.99. The van der Waals surface area contributed by atoms with Gasteiger partial charge in [0, 0.05) is 10.9 Å². The van der Waals surface area contributed by atoms with Crippen LogP contribution in [0.3, 0.4) is 0 Å². The van der Waals surface area contributed by atoms with Crippen LogP contribution in [0.4, 0.5) is 0 Å². The number of rotatable bonds is 3. The zero-order valence-corrected chi connectivity index (χ0v) is 8.74. The summed E-state index contributed by atoms with van der Waals surface area (Å²) in [5.41, 5.74) is 6.97. The Morgan fingerprint density at radius 1 is 1.58 bits per heavy atom. The molecule has 1 rings (SSSR count). The molecule has 12 heavy (non-hydrogen) atoms. The first kappa shape index (κ1) is 9.68. The Balaban J connectivity index is 2.44. The van der Waals surface area contributed by atoms with Gasteiger partial charge in [-0.1, -0.05) is 0 Å². The van der Waals surface area contributed by atoms with Gasteiger partial charge in [-0.25, -0.2) is 4.98 Å². The summed E-state index contributed by atoms with van der Waals surface area (Å²) in [6.45, 7) is 6.13. The Hall–Kier alpha value is -0.410. The predicted octanol–water partition coefficient (Wildman–Crippen LogP) is 2.12. The predicted molar refractivity (Wildman–Crippen MR) is 53.4 cm³/mol. The van der Waals surface area contributed by atoms with E-state index in [1.807, 2.05) is 20.8 Å². The lowest BCUT2D eigenvalue weighted by molar-refractivity contribution is 0.474. The molecule has 1 aromatic heterocycles. The second-order valence-corrected chi connectivity index (χ2v) is 4.91. The van der Waals surface area contributed by atoms with Gasteiger partial charge >= 0.3 is 0 Å². The van der Waals surface area contributed by atoms with Crippen LogP contribution in [0, 0.1) is 6.92 Å². The molecule has 0 saturated carbocycles. The van der Waals surface area contributed by atoms with Gasteiger partial charge in [0.05, 0.1) is 10.7 Å². The van der Waals surface area contributed by atoms with E-state index in [1.165, 1.54) is 5.69 Å². The largest absolute Gasteiger partial charge is 0.326 e. The molecule has 0 aliphatic heterocycles. The number of aromatic nitrogens is 1. The lowest BCUT2D eigenvalue weighted by atomic mass is 9.99. The van der Waals surface area contributed by atoms with Crippen LogP contribution in [0.5, 0.6) is 0 Å². The number of hydrogen-bond acceptors (Lipinski definition) is 3. The SMILES string of the molecule is Cc1nc(CCC(C)(C)N)cs1. The average molecular weight is 184 g/mol. The summed E-state index contributed by atoms with van der Waals surface area (Å²) < 4.78 is 0. The first-order chi connectivity index (χ1) is 5.47. The lowest BCUT2D eigenvalue weighted by Crippen LogP contribution is -2.32. The molecule has 2 nitrogen and oxygen atoms in total. The van der Waals surface area contributed by atoms with Crippen molar-refractivity contribution < 1.29 is 0 Å². The molecule has 0 aromatic carbocycles. The van der Waals surface area contributed by atoms with Gasteiger partial charge in [0.15, 0.2) is 0 Å². The number of thiazole rings is 1. The van der Waals surface area contributed by atoms with Crippen molar-refractivity contribution in [3.63, 3.8) is 0 Å². The second-order valence-electron chi connectivity index (χ2n) is 3.85. The third kappa shape index (κ3) is 3.32. The summed E-state index contributed by atoms with van der Waals surface area (Å²) in [5, 5.41) is 3.25. The van der Waals surface area contributed by atoms with Gasteiger partial charge in [-0.3, -0.25) is 0 Å². The minimum atomic E-state index is -0.0719. The van der Waals surface area contributed by atoms with E-state index in [4.69, 9.17) is 5.73 Å². The molecule has 3 heteroatoms. The van der Waals surface area contributed by atoms with Crippen molar-refractivity contribution in [2.75, 3.05) is 0 Å². The molecule has 0 radical (unpaired) electrons. The van der Waals surface area contributed by atoms with Gasteiger partial charge in [-0.2, -0.15) is 0 Å². The van der Waals surface area contributed by atoms with E-state index in [9.17, 15) is 0 Å². The van der Waals surface area contributed by atoms with Crippen LogP contribution in [0.2, 0.25) is 0 Å². The highest BCUT2D eigenvalue weighted by Crippen LogP contribution is 2.13. The smallest absolute Gasteiger partial charge is 0.0897 e. The second kappa shape index (κ2) is 3.54. The third-order valence-corrected chi connectivity index (χ3v) is 2.51. The molecule has 0 atom stereocenters. The van der Waals surface area contributed by atoms with Crippen molar-refractivity contribution in [3.05, 3.63) is 16.1 Å². The molecule has 0 aliphatic rings. The summed E-state index contributed by atoms with van der Waals surface area (Å²) in [5.74, 6) is 0. The van der Waals surface area contributed by atoms with E-state index >= 15 is 0 Å². The van der Waals surface area contributed by atoms with Crippen LogP contribution >= 0.6 is 11.3 Å². The highest BCUT2D eigenvalue weighted by atomic mass is 32.1. The minimum Gasteiger partial charge on any atom is -0.326 e. The Bertz CT molecular complexity index is 247. The Kier molecular flexibility index (Phi) is 2.85. The normalized spacial score (nSPS) is 12.0. The van der Waals surface area contributed by atoms with Crippen LogP contribution < -0.4 is 5.73 Å². The van der Waals surface area contributed by atoms with E-state index in [0.29, 0.717) is 0 Å². The molecule has 0 fully saturated rings. The molecule has 68 valence electrons. The number of nitrogens with two attached hydrogens (primary N) is 1. The minimum absolute atomic E-state index is 0.0719. The van der Waals surface area contributed by atoms with Crippen LogP contribution in [0.15, 0.2) is 5.38 Å². The summed E-state index contributed by atoms with van der Waals surface area (Å²) in [7, 11) is 0. The molecule has 0 bridgehead atoms. The summed E-state index contributed by atoms with van der Waals surface area (Å²) >= 11 is 1.70. The van der Waals surface area contributed by atoms with Crippen LogP contribution in [-0.4, -0.2) is 10.5 Å². The quantitative estimate of drug-likeness (QED) is 0.781. The maximum absolute atomic E-state index is 5.87. The Morgan fingerprint density at radius 2 is 2.25 bits per heavy atom. The van der Waals surface area contributed by atoms with E-state index in [2.05, 4.69) is 10.4 Å². The summed E-state index contributed by atoms with van der Waals surface area (Å²) in [6, 6.07) is 0. The van der Waals surface area contributed by atoms with Gasteiger partial charge < -0.3 is 5.73 Å². The van der Waals surface area contributed by atoms with E-state index in [-0.39, 0.29) is 5.54 Å². The van der Waals surface area contributed by atoms with Crippen molar-refractivity contribution in [1.82, 2.24) is 4.98 Å². The van der Waals surface area contributed by atoms with Crippen LogP contribution in [0.25, 0.3) is 0 Å². The standard InChI is InChI=1S/C9H16N2S/c1-7-11-8(6-12-7)4-5-9(2,3)10/h6H,4-5,10H2,1-3H3. The Morgan fingerprint density at radius 3 is 2.67 bits per heavy atom. The van der Waals surface area contributed by atoms with Gasteiger partial charge in [0.1, 0.15) is 0 Å². The van der Waals surface area contributed by atoms with Gasteiger partial charge in [0.25, 0.3) is 0 Å². The Labute approximate surface area is 77.8 Å². The molecule has 0 amide bonds. The van der Waals surface area contributed by atoms with Crippen molar-refractivity contribution in [3.8, 4) is 0 Å². The number of nitrogens with zero attached hydrogens (tertiary/aromatic N) is 1. The fourth-order valence-electron chi connectivity index (χ4n) is 0.973. The molecule has 1 aromatic rings. The molecule has 0 unspecified atom stereocenters. The van der Waals surface area contributed by atoms with Crippen molar-refractivity contribution in [1.29, 1.82) is 0 Å². The van der Waals surface area contributed by atoms with Gasteiger partial charge in [-0.15, -0.1) is 11.3 Å². The molecule has 0 spiro atoms. The van der Waals surface area contributed by atoms with Crippen molar-refractivity contribution in [2.45, 2.75) is 39.2 Å². The molecule has 0 saturated heterocycles. The van der Waals surface area contributed by atoms with Gasteiger partial charge in [0.2, 0.25) is 0 Å². The average Bonchev–Trinajstić information content (AvgIpc) is 2.30. The van der Waals surface area contributed by atoms with Crippen LogP contribution in [-0.2, 0) is 6.42 Å². The highest BCUT2D eigenvalue weighted by molar-refractivity contribution is 7.09. The topological polar surface area (TPSA) is 38.9 Å². The monoisotopic (exact) mass is 184 g/mol. The van der Waals surface area contributed by atoms with E-state index < -0.39 is 0 Å². The molecular weight excluding hydrogens is 168 g/mol. The van der Waals surface area contributed by atoms with E-state index in [1.54, 1.807) is 11.3 Å².